The van der Waals surface area contributed by atoms with E-state index in [2.05, 4.69) is 0 Å². The van der Waals surface area contributed by atoms with Crippen LogP contribution in [0.3, 0.4) is 0 Å². The molecule has 0 amide bonds. The minimum absolute atomic E-state index is 0.0506. The lowest BCUT2D eigenvalue weighted by molar-refractivity contribution is -0.228. The number of aliphatic hydroxyl groups excluding tert-OH is 2. The number of aliphatic hydroxyl groups is 2. The van der Waals surface area contributed by atoms with E-state index in [4.69, 9.17) is 9.47 Å². The fraction of sp³-hybridized carbons (Fsp3) is 0.714. The summed E-state index contributed by atoms with van der Waals surface area (Å²) in [5.74, 6) is -7.78. The summed E-state index contributed by atoms with van der Waals surface area (Å²) in [5, 5.41) is 22.4. The van der Waals surface area contributed by atoms with Gasteiger partial charge in [-0.15, -0.1) is 0 Å². The molecule has 18 atom stereocenters. The summed E-state index contributed by atoms with van der Waals surface area (Å²) in [4.78, 5) is 81.5. The van der Waals surface area contributed by atoms with E-state index in [0.29, 0.717) is 23.5 Å². The molecule has 6 saturated carbocycles. The first kappa shape index (κ1) is 48.4. The highest BCUT2D eigenvalue weighted by Crippen LogP contribution is 2.74. The van der Waals surface area contributed by atoms with Gasteiger partial charge in [0.25, 0.3) is 0 Å². The van der Waals surface area contributed by atoms with Gasteiger partial charge in [0.15, 0.2) is 34.1 Å². The maximum atomic E-state index is 18.0. The molecule has 6 fully saturated rings. The zero-order valence-electron chi connectivity index (χ0n) is 38.1. The highest BCUT2D eigenvalue weighted by Gasteiger charge is 2.80. The smallest absolute Gasteiger partial charge is 0.306 e. The van der Waals surface area contributed by atoms with Crippen molar-refractivity contribution in [3.8, 4) is 0 Å². The Morgan fingerprint density at radius 1 is 0.646 bits per heavy atom. The number of carbonyl (C=O) groups excluding carboxylic acids is 6. The minimum atomic E-state index is -2.44. The molecule has 2 N–H and O–H groups in total. The summed E-state index contributed by atoms with van der Waals surface area (Å²) >= 11 is 1.36. The van der Waals surface area contributed by atoms with Crippen molar-refractivity contribution in [3.63, 3.8) is 0 Å². The fourth-order valence-electron chi connectivity index (χ4n) is 15.3. The molecule has 0 aromatic heterocycles. The van der Waals surface area contributed by atoms with Crippen LogP contribution in [0, 0.1) is 57.2 Å². The molecule has 0 spiro atoms. The number of esters is 2. The molecule has 16 heteroatoms. The normalized spacial score (nSPS) is 49.3. The number of thioether (sulfide) groups is 2. The van der Waals surface area contributed by atoms with E-state index >= 15 is 27.2 Å². The number of alkyl halides is 4. The Hall–Kier alpha value is -3.08. The molecular weight excluding hydrogens is 889 g/mol. The highest BCUT2D eigenvalue weighted by atomic mass is 32.2. The summed E-state index contributed by atoms with van der Waals surface area (Å²) in [5.41, 5.74) is -15.1. The van der Waals surface area contributed by atoms with Crippen LogP contribution in [0.1, 0.15) is 107 Å². The Morgan fingerprint density at radius 2 is 1.00 bits per heavy atom. The number of fused-ring (bicyclic) bond motifs is 10. The summed E-state index contributed by atoms with van der Waals surface area (Å²) < 4.78 is 80.9. The van der Waals surface area contributed by atoms with E-state index in [1.807, 2.05) is 0 Å². The Kier molecular flexibility index (Phi) is 11.7. The van der Waals surface area contributed by atoms with Crippen molar-refractivity contribution in [1.29, 1.82) is 0 Å². The van der Waals surface area contributed by atoms with Gasteiger partial charge in [-0.2, -0.15) is 0 Å². The molecule has 0 bridgehead atoms. The zero-order chi connectivity index (χ0) is 47.8. The topological polar surface area (TPSA) is 161 Å². The van der Waals surface area contributed by atoms with Gasteiger partial charge in [-0.3, -0.25) is 28.8 Å². The number of halogens is 4. The molecular formula is C49H60F4O10S2. The fourth-order valence-corrected chi connectivity index (χ4v) is 17.8. The lowest BCUT2D eigenvalue weighted by Crippen LogP contribution is -2.70. The Bertz CT molecular complexity index is 2100. The number of hydrogen-bond donors (Lipinski definition) is 2. The van der Waals surface area contributed by atoms with E-state index < -0.39 is 138 Å². The third-order valence-electron chi connectivity index (χ3n) is 18.5. The van der Waals surface area contributed by atoms with E-state index in [1.165, 1.54) is 38.2 Å². The number of allylic oxidation sites excluding steroid dienone is 8. The van der Waals surface area contributed by atoms with E-state index in [-0.39, 0.29) is 67.6 Å². The SMILES string of the molecule is CCC(=O)OC1(C(=O)SCSC(=O)[C@@]2(OC(=O)CC)[C@H](C)C[C@H]3[C@@H]4C[C@H](F)C5=CC(=O)C=C[C@]5(C)[C@@]4(F)[C@@H](O)C[C@@]32C)[C@H](C)C[C@H]2[C@@H]3C[C@H](F)C4=CC(=O)C=C[C@]4(C)[C@@]3(F)[C@@H](O)C[C@@]21C. The van der Waals surface area contributed by atoms with Crippen molar-refractivity contribution in [2.45, 2.75) is 154 Å². The highest BCUT2D eigenvalue weighted by molar-refractivity contribution is 8.29. The third kappa shape index (κ3) is 6.05. The van der Waals surface area contributed by atoms with E-state index in [1.54, 1.807) is 41.5 Å². The van der Waals surface area contributed by atoms with E-state index in [0.717, 1.165) is 12.2 Å². The second-order valence-corrected chi connectivity index (χ2v) is 23.4. The van der Waals surface area contributed by atoms with Gasteiger partial charge in [-0.1, -0.05) is 77.2 Å². The molecule has 0 heterocycles. The standard InChI is InChI=1S/C49H60F4O10S2/c1-9-38(58)62-48(24(3)15-28-30-19-34(50)32-17-26(54)11-13-42(32,5)46(30,52)36(56)21-44(28,48)7)40(60)64-23-65-41(61)49(63-39(59)10-2)25(4)16-29-31-20-35(51)33-18-27(55)12-14-43(33,6)47(31,53)37(57)22-45(29,49)8/h11-14,17-18,24-25,28-31,34-37,56-57H,9-10,15-16,19-23H2,1-8H3/t24-,25-,28+,29+,30+,31+,34+,35+,36+,37+,42+,43+,44+,45+,46+,47+,48+,49?/m1/s1. The van der Waals surface area contributed by atoms with Gasteiger partial charge in [0.05, 0.1) is 17.3 Å². The first-order valence-electron chi connectivity index (χ1n) is 23.0. The summed E-state index contributed by atoms with van der Waals surface area (Å²) in [7, 11) is 0. The molecule has 1 unspecified atom stereocenters. The maximum absolute atomic E-state index is 18.0. The summed E-state index contributed by atoms with van der Waals surface area (Å²) in [6.45, 7) is 12.8. The van der Waals surface area contributed by atoms with Gasteiger partial charge >= 0.3 is 11.9 Å². The Morgan fingerprint density at radius 3 is 1.34 bits per heavy atom. The molecule has 356 valence electrons. The second-order valence-electron chi connectivity index (χ2n) is 21.1. The molecule has 0 aliphatic heterocycles. The lowest BCUT2D eigenvalue weighted by Gasteiger charge is -2.63. The monoisotopic (exact) mass is 948 g/mol. The molecule has 0 saturated heterocycles. The number of ether oxygens (including phenoxy) is 2. The average molecular weight is 949 g/mol. The van der Waals surface area contributed by atoms with Gasteiger partial charge in [0.2, 0.25) is 10.2 Å². The zero-order valence-corrected chi connectivity index (χ0v) is 39.7. The minimum Gasteiger partial charge on any atom is -0.449 e. The molecule has 8 rings (SSSR count). The van der Waals surface area contributed by atoms with Crippen LogP contribution >= 0.6 is 23.5 Å². The molecule has 8 aliphatic rings. The van der Waals surface area contributed by atoms with Crippen molar-refractivity contribution >= 4 is 57.3 Å². The van der Waals surface area contributed by atoms with Crippen molar-refractivity contribution in [3.05, 3.63) is 47.6 Å². The summed E-state index contributed by atoms with van der Waals surface area (Å²) in [6, 6.07) is 0. The number of hydrogen-bond acceptors (Lipinski definition) is 12. The lowest BCUT2D eigenvalue weighted by atomic mass is 9.44. The van der Waals surface area contributed by atoms with E-state index in [9.17, 15) is 29.4 Å². The van der Waals surface area contributed by atoms with Crippen molar-refractivity contribution in [2.24, 2.45) is 57.2 Å². The first-order valence-corrected chi connectivity index (χ1v) is 24.9. The number of carbonyl (C=O) groups is 6. The van der Waals surface area contributed by atoms with Crippen LogP contribution < -0.4 is 0 Å². The number of rotatable bonds is 8. The van der Waals surface area contributed by atoms with Gasteiger partial charge in [0, 0.05) is 58.2 Å². The largest absolute Gasteiger partial charge is 0.449 e. The van der Waals surface area contributed by atoms with Crippen LogP contribution in [0.4, 0.5) is 17.6 Å². The van der Waals surface area contributed by atoms with Crippen molar-refractivity contribution in [2.75, 3.05) is 5.08 Å². The number of ketones is 2. The van der Waals surface area contributed by atoms with Gasteiger partial charge in [-0.05, 0) is 99.7 Å². The molecule has 8 aliphatic carbocycles. The molecule has 0 aromatic carbocycles. The van der Waals surface area contributed by atoms with Crippen LogP contribution in [-0.4, -0.2) is 96.1 Å². The second kappa shape index (κ2) is 15.7. The predicted octanol–water partition coefficient (Wildman–Crippen LogP) is 7.98. The average Bonchev–Trinajstić information content (AvgIpc) is 3.60. The van der Waals surface area contributed by atoms with Crippen molar-refractivity contribution in [1.82, 2.24) is 0 Å². The van der Waals surface area contributed by atoms with Gasteiger partial charge in [0.1, 0.15) is 12.3 Å². The summed E-state index contributed by atoms with van der Waals surface area (Å²) in [6.07, 6.45) is -1.22. The third-order valence-corrected chi connectivity index (χ3v) is 20.5. The molecule has 10 nitrogen and oxygen atoms in total. The first-order chi connectivity index (χ1) is 30.2. The maximum Gasteiger partial charge on any atom is 0.306 e. The van der Waals surface area contributed by atoms with Crippen LogP contribution in [0.5, 0.6) is 0 Å². The Labute approximate surface area is 385 Å². The Balaban J connectivity index is 1.10. The van der Waals surface area contributed by atoms with Gasteiger partial charge < -0.3 is 19.7 Å². The van der Waals surface area contributed by atoms with Crippen LogP contribution in [0.15, 0.2) is 47.6 Å². The quantitative estimate of drug-likeness (QED) is 0.137. The van der Waals surface area contributed by atoms with Crippen LogP contribution in [0.25, 0.3) is 0 Å². The molecule has 65 heavy (non-hydrogen) atoms. The molecule has 0 aromatic rings. The van der Waals surface area contributed by atoms with Crippen LogP contribution in [-0.2, 0) is 38.2 Å². The van der Waals surface area contributed by atoms with Gasteiger partial charge in [-0.25, -0.2) is 17.6 Å². The van der Waals surface area contributed by atoms with Crippen LogP contribution in [0.2, 0.25) is 0 Å². The molecule has 0 radical (unpaired) electrons. The van der Waals surface area contributed by atoms with Crippen molar-refractivity contribution < 1.29 is 66.0 Å². The predicted molar refractivity (Wildman–Crippen MR) is 235 cm³/mol.